The molecule has 0 radical (unpaired) electrons. The van der Waals surface area contributed by atoms with E-state index in [2.05, 4.69) is 11.9 Å². The number of rotatable bonds is 8. The van der Waals surface area contributed by atoms with Gasteiger partial charge in [0.2, 0.25) is 0 Å². The maximum absolute atomic E-state index is 13.5. The summed E-state index contributed by atoms with van der Waals surface area (Å²) < 4.78 is 11.8. The van der Waals surface area contributed by atoms with Gasteiger partial charge >= 0.3 is 5.91 Å². The number of aromatic hydroxyl groups is 1. The van der Waals surface area contributed by atoms with E-state index in [0.29, 0.717) is 34.0 Å². The van der Waals surface area contributed by atoms with E-state index in [9.17, 15) is 19.8 Å². The molecular weight excluding hydrogens is 540 g/mol. The summed E-state index contributed by atoms with van der Waals surface area (Å²) in [6, 6.07) is 15.4. The SMILES string of the molecule is CCCCOc1cccc(/C(O)=C2\C(=O)C(=O)N(c3nc4ccc(Cl)cc4s3)C2c2ccc(O)c(OC)c2)c1. The number of aromatic nitrogens is 1. The van der Waals surface area contributed by atoms with Gasteiger partial charge in [0.15, 0.2) is 16.6 Å². The van der Waals surface area contributed by atoms with E-state index in [0.717, 1.165) is 17.5 Å². The van der Waals surface area contributed by atoms with Gasteiger partial charge in [0.1, 0.15) is 11.5 Å². The zero-order chi connectivity index (χ0) is 27.7. The van der Waals surface area contributed by atoms with Gasteiger partial charge in [-0.25, -0.2) is 4.98 Å². The first-order valence-electron chi connectivity index (χ1n) is 12.3. The topological polar surface area (TPSA) is 109 Å². The second-order valence-corrected chi connectivity index (χ2v) is 10.4. The van der Waals surface area contributed by atoms with Crippen LogP contribution in [-0.4, -0.2) is 40.6 Å². The number of methoxy groups -OCH3 is 1. The second-order valence-electron chi connectivity index (χ2n) is 8.94. The normalized spacial score (nSPS) is 16.7. The van der Waals surface area contributed by atoms with Crippen LogP contribution in [0.1, 0.15) is 36.9 Å². The number of ether oxygens (including phenoxy) is 2. The molecule has 1 aromatic heterocycles. The van der Waals surface area contributed by atoms with Gasteiger partial charge in [-0.3, -0.25) is 14.5 Å². The number of aliphatic hydroxyl groups is 1. The number of nitrogens with zero attached hydrogens (tertiary/aromatic N) is 2. The number of unbranched alkanes of at least 4 members (excludes halogenated alkanes) is 1. The van der Waals surface area contributed by atoms with E-state index in [1.54, 1.807) is 48.5 Å². The summed E-state index contributed by atoms with van der Waals surface area (Å²) in [4.78, 5) is 32.9. The zero-order valence-corrected chi connectivity index (χ0v) is 22.8. The fraction of sp³-hybridized carbons (Fsp3) is 0.207. The van der Waals surface area contributed by atoms with Crippen molar-refractivity contribution >= 4 is 55.7 Å². The van der Waals surface area contributed by atoms with Crippen molar-refractivity contribution in [3.05, 3.63) is 82.4 Å². The minimum absolute atomic E-state index is 0.107. The molecule has 39 heavy (non-hydrogen) atoms. The van der Waals surface area contributed by atoms with E-state index in [-0.39, 0.29) is 28.0 Å². The van der Waals surface area contributed by atoms with Crippen LogP contribution in [0.3, 0.4) is 0 Å². The highest BCUT2D eigenvalue weighted by Gasteiger charge is 2.48. The third-order valence-corrected chi connectivity index (χ3v) is 7.64. The quantitative estimate of drug-likeness (QED) is 0.109. The molecule has 1 atom stereocenters. The number of carbonyl (C=O) groups is 2. The number of fused-ring (bicyclic) bond motifs is 1. The molecule has 1 aliphatic rings. The van der Waals surface area contributed by atoms with Crippen molar-refractivity contribution in [2.75, 3.05) is 18.6 Å². The van der Waals surface area contributed by atoms with E-state index < -0.39 is 17.7 Å². The molecule has 5 rings (SSSR count). The molecule has 1 aliphatic heterocycles. The number of hydrogen-bond acceptors (Lipinski definition) is 8. The second kappa shape index (κ2) is 11.0. The molecule has 8 nitrogen and oxygen atoms in total. The number of phenols is 1. The average Bonchev–Trinajstić information content (AvgIpc) is 3.46. The van der Waals surface area contributed by atoms with Gasteiger partial charge in [-0.1, -0.05) is 54.5 Å². The molecule has 0 saturated carbocycles. The first kappa shape index (κ1) is 26.5. The molecule has 200 valence electrons. The van der Waals surface area contributed by atoms with Gasteiger partial charge in [-0.05, 0) is 54.4 Å². The molecule has 10 heteroatoms. The zero-order valence-electron chi connectivity index (χ0n) is 21.2. The van der Waals surface area contributed by atoms with Crippen molar-refractivity contribution in [2.45, 2.75) is 25.8 Å². The number of Topliss-reactive ketones (excluding diaryl/α,β-unsaturated/α-hetero) is 1. The van der Waals surface area contributed by atoms with Crippen LogP contribution >= 0.6 is 22.9 Å². The molecule has 1 saturated heterocycles. The molecule has 2 N–H and O–H groups in total. The molecular formula is C29H25ClN2O6S. The van der Waals surface area contributed by atoms with E-state index in [4.69, 9.17) is 21.1 Å². The molecule has 0 bridgehead atoms. The van der Waals surface area contributed by atoms with Crippen molar-refractivity contribution in [3.63, 3.8) is 0 Å². The number of hydrogen-bond donors (Lipinski definition) is 2. The molecule has 0 spiro atoms. The minimum atomic E-state index is -1.04. The number of carbonyl (C=O) groups excluding carboxylic acids is 2. The minimum Gasteiger partial charge on any atom is -0.507 e. The molecule has 0 aliphatic carbocycles. The summed E-state index contributed by atoms with van der Waals surface area (Å²) in [5, 5.41) is 22.4. The Morgan fingerprint density at radius 3 is 2.72 bits per heavy atom. The van der Waals surface area contributed by atoms with Crippen molar-refractivity contribution < 1.29 is 29.3 Å². The van der Waals surface area contributed by atoms with Crippen LogP contribution in [0.15, 0.2) is 66.2 Å². The highest BCUT2D eigenvalue weighted by molar-refractivity contribution is 7.22. The van der Waals surface area contributed by atoms with Crippen molar-refractivity contribution in [2.24, 2.45) is 0 Å². The summed E-state index contributed by atoms with van der Waals surface area (Å²) in [6.07, 6.45) is 1.84. The van der Waals surface area contributed by atoms with Crippen LogP contribution in [0.25, 0.3) is 16.0 Å². The first-order valence-corrected chi connectivity index (χ1v) is 13.5. The van der Waals surface area contributed by atoms with Crippen molar-refractivity contribution in [1.29, 1.82) is 0 Å². The number of aliphatic hydroxyl groups excluding tert-OH is 1. The molecule has 3 aromatic carbocycles. The van der Waals surface area contributed by atoms with E-state index in [1.807, 2.05) is 0 Å². The Balaban J connectivity index is 1.68. The number of halogens is 1. The number of thiazole rings is 1. The number of phenolic OH excluding ortho intramolecular Hbond substituents is 1. The van der Waals surface area contributed by atoms with Gasteiger partial charge in [0.05, 0.1) is 35.5 Å². The Kier molecular flexibility index (Phi) is 7.45. The molecule has 1 unspecified atom stereocenters. The smallest absolute Gasteiger partial charge is 0.301 e. The summed E-state index contributed by atoms with van der Waals surface area (Å²) in [7, 11) is 1.40. The Hall–Kier alpha value is -4.08. The summed E-state index contributed by atoms with van der Waals surface area (Å²) in [6.45, 7) is 2.57. The number of anilines is 1. The van der Waals surface area contributed by atoms with Crippen LogP contribution in [-0.2, 0) is 9.59 Å². The van der Waals surface area contributed by atoms with Crippen LogP contribution in [0.2, 0.25) is 5.02 Å². The van der Waals surface area contributed by atoms with Gasteiger partial charge in [-0.2, -0.15) is 0 Å². The summed E-state index contributed by atoms with van der Waals surface area (Å²) in [5.41, 5.74) is 1.27. The number of benzene rings is 3. The summed E-state index contributed by atoms with van der Waals surface area (Å²) in [5.74, 6) is -1.47. The average molecular weight is 565 g/mol. The van der Waals surface area contributed by atoms with Crippen molar-refractivity contribution in [1.82, 2.24) is 4.98 Å². The molecule has 1 amide bonds. The van der Waals surface area contributed by atoms with Gasteiger partial charge < -0.3 is 19.7 Å². The molecule has 2 heterocycles. The third-order valence-electron chi connectivity index (χ3n) is 6.38. The molecule has 4 aromatic rings. The van der Waals surface area contributed by atoms with Gasteiger partial charge in [-0.15, -0.1) is 0 Å². The van der Waals surface area contributed by atoms with Crippen molar-refractivity contribution in [3.8, 4) is 17.2 Å². The van der Waals surface area contributed by atoms with E-state index >= 15 is 0 Å². The first-order chi connectivity index (χ1) is 18.8. The maximum Gasteiger partial charge on any atom is 0.301 e. The fourth-order valence-corrected chi connectivity index (χ4v) is 5.69. The monoisotopic (exact) mass is 564 g/mol. The lowest BCUT2D eigenvalue weighted by molar-refractivity contribution is -0.132. The highest BCUT2D eigenvalue weighted by Crippen LogP contribution is 2.46. The lowest BCUT2D eigenvalue weighted by atomic mass is 9.95. The van der Waals surface area contributed by atoms with Crippen LogP contribution in [0, 0.1) is 0 Å². The van der Waals surface area contributed by atoms with Gasteiger partial charge in [0, 0.05) is 10.6 Å². The summed E-state index contributed by atoms with van der Waals surface area (Å²) >= 11 is 7.36. The lowest BCUT2D eigenvalue weighted by Crippen LogP contribution is -2.29. The maximum atomic E-state index is 13.5. The lowest BCUT2D eigenvalue weighted by Gasteiger charge is -2.23. The van der Waals surface area contributed by atoms with E-state index in [1.165, 1.54) is 35.5 Å². The number of amides is 1. The number of ketones is 1. The highest BCUT2D eigenvalue weighted by atomic mass is 35.5. The van der Waals surface area contributed by atoms with Gasteiger partial charge in [0.25, 0.3) is 5.78 Å². The van der Waals surface area contributed by atoms with Crippen LogP contribution in [0.5, 0.6) is 17.2 Å². The Morgan fingerprint density at radius 2 is 1.95 bits per heavy atom. The predicted molar refractivity (Wildman–Crippen MR) is 151 cm³/mol. The standard InChI is InChI=1S/C29H25ClN2O6S/c1-3-4-12-38-19-7-5-6-17(13-19)26(34)24-25(16-8-11-21(33)22(14-16)37-2)32(28(36)27(24)35)29-31-20-10-9-18(30)15-23(20)39-29/h5-11,13-15,25,33-34H,3-4,12H2,1-2H3/b26-24+. The molecule has 1 fully saturated rings. The van der Waals surface area contributed by atoms with Crippen LogP contribution in [0.4, 0.5) is 5.13 Å². The Morgan fingerprint density at radius 1 is 1.13 bits per heavy atom. The van der Waals surface area contributed by atoms with Crippen LogP contribution < -0.4 is 14.4 Å². The predicted octanol–water partition coefficient (Wildman–Crippen LogP) is 6.47. The Bertz CT molecular complexity index is 1610. The largest absolute Gasteiger partial charge is 0.507 e. The Labute approximate surface area is 233 Å². The fourth-order valence-electron chi connectivity index (χ4n) is 4.42. The third kappa shape index (κ3) is 5.03.